The van der Waals surface area contributed by atoms with Crippen molar-refractivity contribution in [3.8, 4) is 0 Å². The smallest absolute Gasteiger partial charge is 0.335 e. The number of carboxylic acids is 2. The number of hydrogen-bond donors (Lipinski definition) is 2. The van der Waals surface area contributed by atoms with Gasteiger partial charge in [0.2, 0.25) is 0 Å². The monoisotopic (exact) mass is 484 g/mol. The van der Waals surface area contributed by atoms with E-state index in [2.05, 4.69) is 0 Å². The molecule has 0 bridgehead atoms. The Hall–Kier alpha value is -4.32. The summed E-state index contributed by atoms with van der Waals surface area (Å²) in [5.74, 6) is -5.26. The predicted octanol–water partition coefficient (Wildman–Crippen LogP) is 6.81. The predicted molar refractivity (Wildman–Crippen MR) is 131 cm³/mol. The van der Waals surface area contributed by atoms with E-state index in [0.29, 0.717) is 11.1 Å². The van der Waals surface area contributed by atoms with Crippen molar-refractivity contribution in [2.75, 3.05) is 0 Å². The molecule has 1 fully saturated rings. The molecule has 5 rings (SSSR count). The van der Waals surface area contributed by atoms with E-state index in [9.17, 15) is 19.8 Å². The van der Waals surface area contributed by atoms with Crippen LogP contribution in [0.4, 0.5) is 8.78 Å². The van der Waals surface area contributed by atoms with E-state index in [1.54, 1.807) is 0 Å². The van der Waals surface area contributed by atoms with Crippen molar-refractivity contribution >= 4 is 11.9 Å². The average Bonchev–Trinajstić information content (AvgIpc) is 2.86. The molecular weight excluding hydrogens is 462 g/mol. The molecule has 4 atom stereocenters. The van der Waals surface area contributed by atoms with Crippen LogP contribution in [0.1, 0.15) is 66.6 Å². The first-order valence-corrected chi connectivity index (χ1v) is 11.5. The minimum Gasteiger partial charge on any atom is -0.478 e. The number of rotatable bonds is 6. The number of carboxylic acid groups (broad SMARTS) is 2. The molecule has 4 aromatic rings. The highest BCUT2D eigenvalue weighted by atomic mass is 19.1. The first-order chi connectivity index (χ1) is 17.4. The van der Waals surface area contributed by atoms with Crippen molar-refractivity contribution in [3.63, 3.8) is 0 Å². The lowest BCUT2D eigenvalue weighted by Gasteiger charge is -2.53. The molecule has 0 aliphatic heterocycles. The van der Waals surface area contributed by atoms with Gasteiger partial charge in [-0.15, -0.1) is 0 Å². The van der Waals surface area contributed by atoms with Crippen LogP contribution in [-0.2, 0) is 0 Å². The van der Waals surface area contributed by atoms with Crippen LogP contribution in [0.25, 0.3) is 0 Å². The van der Waals surface area contributed by atoms with Crippen molar-refractivity contribution in [2.45, 2.75) is 23.7 Å². The van der Waals surface area contributed by atoms with E-state index < -0.39 is 35.4 Å². The van der Waals surface area contributed by atoms with Crippen LogP contribution >= 0.6 is 0 Å². The summed E-state index contributed by atoms with van der Waals surface area (Å²) in [6.45, 7) is 0. The van der Waals surface area contributed by atoms with Crippen molar-refractivity contribution in [2.24, 2.45) is 0 Å². The third-order valence-corrected chi connectivity index (χ3v) is 7.13. The van der Waals surface area contributed by atoms with Crippen LogP contribution in [0.5, 0.6) is 0 Å². The highest BCUT2D eigenvalue weighted by Crippen LogP contribution is 2.67. The molecule has 0 radical (unpaired) electrons. The van der Waals surface area contributed by atoms with E-state index in [4.69, 9.17) is 0 Å². The molecule has 0 aromatic heterocycles. The van der Waals surface area contributed by atoms with Crippen LogP contribution in [0.2, 0.25) is 0 Å². The summed E-state index contributed by atoms with van der Waals surface area (Å²) >= 11 is 0. The van der Waals surface area contributed by atoms with E-state index in [1.165, 1.54) is 24.3 Å². The molecule has 6 heteroatoms. The molecule has 0 spiro atoms. The first-order valence-electron chi connectivity index (χ1n) is 11.5. The zero-order valence-corrected chi connectivity index (χ0v) is 19.0. The van der Waals surface area contributed by atoms with Crippen molar-refractivity contribution in [1.82, 2.24) is 0 Å². The number of halogens is 2. The zero-order chi connectivity index (χ0) is 25.4. The molecule has 1 aliphatic carbocycles. The fourth-order valence-corrected chi connectivity index (χ4v) is 5.56. The van der Waals surface area contributed by atoms with Crippen molar-refractivity contribution < 1.29 is 28.6 Å². The number of benzene rings is 4. The van der Waals surface area contributed by atoms with Crippen LogP contribution in [-0.4, -0.2) is 22.2 Å². The van der Waals surface area contributed by atoms with Gasteiger partial charge in [0.25, 0.3) is 0 Å². The maximum absolute atomic E-state index is 15.4. The minimum absolute atomic E-state index is 0.167. The molecule has 180 valence electrons. The van der Waals surface area contributed by atoms with Crippen molar-refractivity contribution in [1.29, 1.82) is 0 Å². The Kier molecular flexibility index (Phi) is 6.10. The van der Waals surface area contributed by atoms with Crippen molar-refractivity contribution in [3.05, 3.63) is 142 Å². The number of hydrogen-bond acceptors (Lipinski definition) is 2. The molecule has 4 unspecified atom stereocenters. The second-order valence-electron chi connectivity index (χ2n) is 9.01. The summed E-state index contributed by atoms with van der Waals surface area (Å²) in [6.07, 6.45) is 0. The first kappa shape index (κ1) is 23.4. The zero-order valence-electron chi connectivity index (χ0n) is 19.0. The third kappa shape index (κ3) is 4.05. The van der Waals surface area contributed by atoms with Gasteiger partial charge >= 0.3 is 11.9 Å². The third-order valence-electron chi connectivity index (χ3n) is 7.13. The maximum Gasteiger partial charge on any atom is 0.335 e. The Balaban J connectivity index is 1.71. The molecule has 0 amide bonds. The maximum atomic E-state index is 15.4. The fraction of sp³-hybridized carbons (Fsp3) is 0.133. The summed E-state index contributed by atoms with van der Waals surface area (Å²) in [4.78, 5) is 22.8. The highest BCUT2D eigenvalue weighted by Gasteiger charge is 2.54. The Bertz CT molecular complexity index is 1330. The van der Waals surface area contributed by atoms with Gasteiger partial charge in [-0.3, -0.25) is 0 Å². The van der Waals surface area contributed by atoms with Crippen LogP contribution in [0, 0.1) is 11.6 Å². The number of carbonyl (C=O) groups is 2. The van der Waals surface area contributed by atoms with Gasteiger partial charge in [0.1, 0.15) is 11.6 Å². The number of aromatic carboxylic acids is 2. The van der Waals surface area contributed by atoms with Gasteiger partial charge in [-0.2, -0.15) is 0 Å². The van der Waals surface area contributed by atoms with Crippen LogP contribution in [0.3, 0.4) is 0 Å². The Morgan fingerprint density at radius 1 is 0.528 bits per heavy atom. The minimum atomic E-state index is -1.23. The average molecular weight is 484 g/mol. The second-order valence-corrected chi connectivity index (χ2v) is 9.01. The summed E-state index contributed by atoms with van der Waals surface area (Å²) in [5.41, 5.74) is 2.18. The topological polar surface area (TPSA) is 74.6 Å². The molecule has 2 N–H and O–H groups in total. The molecule has 0 heterocycles. The Labute approximate surface area is 206 Å². The van der Waals surface area contributed by atoms with Gasteiger partial charge in [-0.25, -0.2) is 18.4 Å². The molecule has 1 saturated carbocycles. The summed E-state index contributed by atoms with van der Waals surface area (Å²) in [6, 6.07) is 26.8. The van der Waals surface area contributed by atoms with Gasteiger partial charge in [-0.1, -0.05) is 72.8 Å². The Morgan fingerprint density at radius 2 is 0.889 bits per heavy atom. The van der Waals surface area contributed by atoms with Gasteiger partial charge < -0.3 is 10.2 Å². The largest absolute Gasteiger partial charge is 0.478 e. The van der Waals surface area contributed by atoms with E-state index in [0.717, 1.165) is 23.3 Å². The quantitative estimate of drug-likeness (QED) is 0.315. The molecule has 36 heavy (non-hydrogen) atoms. The molecule has 4 aromatic carbocycles. The molecular formula is C30H22F2O4. The van der Waals surface area contributed by atoms with Crippen LogP contribution < -0.4 is 0 Å². The lowest BCUT2D eigenvalue weighted by atomic mass is 9.49. The van der Waals surface area contributed by atoms with Gasteiger partial charge in [0.05, 0.1) is 11.1 Å². The lowest BCUT2D eigenvalue weighted by Crippen LogP contribution is -2.41. The molecule has 1 aliphatic rings. The van der Waals surface area contributed by atoms with E-state index in [1.807, 2.05) is 60.7 Å². The van der Waals surface area contributed by atoms with Gasteiger partial charge in [-0.05, 0) is 58.4 Å². The normalized spacial score (nSPS) is 20.9. The van der Waals surface area contributed by atoms with E-state index >= 15 is 8.78 Å². The fourth-order valence-electron chi connectivity index (χ4n) is 5.56. The summed E-state index contributed by atoms with van der Waals surface area (Å²) in [7, 11) is 0. The summed E-state index contributed by atoms with van der Waals surface area (Å²) in [5, 5.41) is 18.6. The van der Waals surface area contributed by atoms with Crippen LogP contribution in [0.15, 0.2) is 97.1 Å². The molecule has 0 saturated heterocycles. The van der Waals surface area contributed by atoms with Gasteiger partial charge in [0.15, 0.2) is 0 Å². The standard InChI is InChI=1S/C30H22F2O4/c31-23-15-19(29(33)34)11-13-21(23)27-25(17-7-3-1-4-8-17)26(18-9-5-2-6-10-18)28(27)22-14-12-20(30(35)36)16-24(22)32/h1-16,25-28H,(H,33,34)(H,35,36). The highest BCUT2D eigenvalue weighted by molar-refractivity contribution is 5.88. The summed E-state index contributed by atoms with van der Waals surface area (Å²) < 4.78 is 30.9. The second kappa shape index (κ2) is 9.38. The SMILES string of the molecule is O=C(O)c1ccc(C2C(c3ccccc3)C(c3ccccc3)C2c2ccc(C(=O)O)cc2F)c(F)c1. The lowest BCUT2D eigenvalue weighted by molar-refractivity contribution is 0.0685. The van der Waals surface area contributed by atoms with E-state index in [-0.39, 0.29) is 23.0 Å². The Morgan fingerprint density at radius 3 is 1.19 bits per heavy atom. The molecule has 4 nitrogen and oxygen atoms in total. The van der Waals surface area contributed by atoms with Gasteiger partial charge in [0, 0.05) is 11.8 Å².